The topological polar surface area (TPSA) is 32.3 Å². The van der Waals surface area contributed by atoms with Crippen LogP contribution in [0.4, 0.5) is 10.2 Å². The van der Waals surface area contributed by atoms with Crippen molar-refractivity contribution < 1.29 is 4.39 Å². The molecule has 0 spiro atoms. The number of hydrogen-bond donors (Lipinski definition) is 0. The Morgan fingerprint density at radius 1 is 0.950 bits per heavy atom. The smallest absolute Gasteiger partial charge is 0.165 e. The van der Waals surface area contributed by atoms with Crippen LogP contribution in [0.1, 0.15) is 5.69 Å². The Bertz CT molecular complexity index is 553. The van der Waals surface area contributed by atoms with Crippen molar-refractivity contribution in [3.8, 4) is 0 Å². The molecule has 3 heterocycles. The summed E-state index contributed by atoms with van der Waals surface area (Å²) >= 11 is 0. The molecular weight excluding hydrogens is 255 g/mol. The van der Waals surface area contributed by atoms with Crippen molar-refractivity contribution in [3.05, 3.63) is 54.2 Å². The molecule has 0 saturated carbocycles. The molecule has 0 N–H and O–H groups in total. The maximum atomic E-state index is 13.7. The first-order valence-corrected chi connectivity index (χ1v) is 6.80. The van der Waals surface area contributed by atoms with Gasteiger partial charge in [0.25, 0.3) is 0 Å². The molecule has 1 aliphatic rings. The Morgan fingerprint density at radius 2 is 1.75 bits per heavy atom. The normalized spacial score (nSPS) is 16.4. The number of hydrogen-bond acceptors (Lipinski definition) is 4. The Labute approximate surface area is 117 Å². The van der Waals surface area contributed by atoms with Crippen molar-refractivity contribution in [2.75, 3.05) is 31.1 Å². The van der Waals surface area contributed by atoms with Crippen molar-refractivity contribution in [2.45, 2.75) is 6.54 Å². The molecule has 2 aromatic heterocycles. The van der Waals surface area contributed by atoms with E-state index in [-0.39, 0.29) is 5.82 Å². The molecule has 5 heteroatoms. The van der Waals surface area contributed by atoms with E-state index in [0.717, 1.165) is 38.4 Å². The molecule has 2 aromatic rings. The van der Waals surface area contributed by atoms with Crippen LogP contribution in [0.25, 0.3) is 0 Å². The molecule has 4 nitrogen and oxygen atoms in total. The van der Waals surface area contributed by atoms with E-state index in [9.17, 15) is 4.39 Å². The summed E-state index contributed by atoms with van der Waals surface area (Å²) in [6.45, 7) is 4.22. The van der Waals surface area contributed by atoms with E-state index in [1.165, 1.54) is 6.07 Å². The summed E-state index contributed by atoms with van der Waals surface area (Å²) in [4.78, 5) is 12.8. The first kappa shape index (κ1) is 13.0. The van der Waals surface area contributed by atoms with Gasteiger partial charge in [0.1, 0.15) is 0 Å². The van der Waals surface area contributed by atoms with E-state index in [1.807, 2.05) is 29.3 Å². The van der Waals surface area contributed by atoms with Gasteiger partial charge in [-0.2, -0.15) is 0 Å². The van der Waals surface area contributed by atoms with Crippen LogP contribution < -0.4 is 4.90 Å². The van der Waals surface area contributed by atoms with E-state index in [1.54, 1.807) is 12.3 Å². The minimum Gasteiger partial charge on any atom is -0.352 e. The first-order valence-electron chi connectivity index (χ1n) is 6.80. The highest BCUT2D eigenvalue weighted by Gasteiger charge is 2.20. The van der Waals surface area contributed by atoms with E-state index >= 15 is 0 Å². The summed E-state index contributed by atoms with van der Waals surface area (Å²) in [5.41, 5.74) is 1.07. The average molecular weight is 272 g/mol. The number of piperazine rings is 1. The molecule has 1 saturated heterocycles. The third kappa shape index (κ3) is 2.93. The number of nitrogens with zero attached hydrogens (tertiary/aromatic N) is 4. The Balaban J connectivity index is 1.59. The zero-order valence-corrected chi connectivity index (χ0v) is 11.2. The van der Waals surface area contributed by atoms with Gasteiger partial charge in [0.15, 0.2) is 11.6 Å². The monoisotopic (exact) mass is 272 g/mol. The summed E-state index contributed by atoms with van der Waals surface area (Å²) in [5, 5.41) is 0. The van der Waals surface area contributed by atoms with E-state index in [4.69, 9.17) is 0 Å². The van der Waals surface area contributed by atoms with E-state index < -0.39 is 0 Å². The third-order valence-electron chi connectivity index (χ3n) is 3.52. The summed E-state index contributed by atoms with van der Waals surface area (Å²) < 4.78 is 13.7. The predicted octanol–water partition coefficient (Wildman–Crippen LogP) is 1.94. The molecule has 0 bridgehead atoms. The van der Waals surface area contributed by atoms with Gasteiger partial charge >= 0.3 is 0 Å². The molecule has 20 heavy (non-hydrogen) atoms. The lowest BCUT2D eigenvalue weighted by Crippen LogP contribution is -2.46. The number of anilines is 1. The first-order chi connectivity index (χ1) is 9.83. The maximum Gasteiger partial charge on any atom is 0.165 e. The minimum absolute atomic E-state index is 0.245. The number of aromatic nitrogens is 2. The van der Waals surface area contributed by atoms with Crippen LogP contribution in [0.3, 0.4) is 0 Å². The molecule has 0 aromatic carbocycles. The third-order valence-corrected chi connectivity index (χ3v) is 3.52. The number of pyridine rings is 2. The summed E-state index contributed by atoms with van der Waals surface area (Å²) in [6, 6.07) is 9.04. The van der Waals surface area contributed by atoms with Gasteiger partial charge in [-0.1, -0.05) is 6.07 Å². The Morgan fingerprint density at radius 3 is 2.45 bits per heavy atom. The van der Waals surface area contributed by atoms with Crippen LogP contribution in [0, 0.1) is 5.82 Å². The molecule has 1 fully saturated rings. The molecule has 3 rings (SSSR count). The molecule has 0 aliphatic carbocycles. The fraction of sp³-hybridized carbons (Fsp3) is 0.333. The summed E-state index contributed by atoms with van der Waals surface area (Å²) in [6.07, 6.45) is 3.45. The van der Waals surface area contributed by atoms with Crippen LogP contribution in [0.5, 0.6) is 0 Å². The fourth-order valence-corrected chi connectivity index (χ4v) is 2.45. The molecule has 0 amide bonds. The van der Waals surface area contributed by atoms with Crippen molar-refractivity contribution in [1.82, 2.24) is 14.9 Å². The quantitative estimate of drug-likeness (QED) is 0.854. The highest BCUT2D eigenvalue weighted by atomic mass is 19.1. The second-order valence-electron chi connectivity index (χ2n) is 4.89. The molecule has 104 valence electrons. The van der Waals surface area contributed by atoms with Gasteiger partial charge in [-0.15, -0.1) is 0 Å². The largest absolute Gasteiger partial charge is 0.352 e. The minimum atomic E-state index is -0.245. The van der Waals surface area contributed by atoms with Crippen LogP contribution >= 0.6 is 0 Å². The highest BCUT2D eigenvalue weighted by molar-refractivity contribution is 5.40. The second kappa shape index (κ2) is 5.96. The zero-order valence-electron chi connectivity index (χ0n) is 11.2. The summed E-state index contributed by atoms with van der Waals surface area (Å²) in [5.74, 6) is 0.218. The lowest BCUT2D eigenvalue weighted by Gasteiger charge is -2.35. The van der Waals surface area contributed by atoms with Crippen molar-refractivity contribution >= 4 is 5.82 Å². The van der Waals surface area contributed by atoms with Gasteiger partial charge < -0.3 is 4.90 Å². The highest BCUT2D eigenvalue weighted by Crippen LogP contribution is 2.17. The molecular formula is C15H17FN4. The lowest BCUT2D eigenvalue weighted by molar-refractivity contribution is 0.246. The van der Waals surface area contributed by atoms with Crippen LogP contribution in [-0.4, -0.2) is 41.0 Å². The van der Waals surface area contributed by atoms with Gasteiger partial charge in [0, 0.05) is 45.1 Å². The fourth-order valence-electron chi connectivity index (χ4n) is 2.45. The Hall–Kier alpha value is -2.01. The maximum absolute atomic E-state index is 13.7. The standard InChI is InChI=1S/C15H17FN4/c16-14-5-3-7-18-15(14)20-10-8-19(9-11-20)12-13-4-1-2-6-17-13/h1-7H,8-12H2. The van der Waals surface area contributed by atoms with Crippen molar-refractivity contribution in [1.29, 1.82) is 0 Å². The van der Waals surface area contributed by atoms with Gasteiger partial charge in [-0.3, -0.25) is 9.88 Å². The molecule has 0 unspecified atom stereocenters. The van der Waals surface area contributed by atoms with Crippen molar-refractivity contribution in [3.63, 3.8) is 0 Å². The molecule has 1 aliphatic heterocycles. The van der Waals surface area contributed by atoms with Gasteiger partial charge in [-0.05, 0) is 24.3 Å². The van der Waals surface area contributed by atoms with Gasteiger partial charge in [0.05, 0.1) is 5.69 Å². The average Bonchev–Trinajstić information content (AvgIpc) is 2.50. The zero-order chi connectivity index (χ0) is 13.8. The number of rotatable bonds is 3. The van der Waals surface area contributed by atoms with Gasteiger partial charge in [-0.25, -0.2) is 9.37 Å². The molecule has 0 radical (unpaired) electrons. The van der Waals surface area contributed by atoms with Gasteiger partial charge in [0.2, 0.25) is 0 Å². The predicted molar refractivity (Wildman–Crippen MR) is 75.9 cm³/mol. The van der Waals surface area contributed by atoms with Crippen LogP contribution in [-0.2, 0) is 6.54 Å². The SMILES string of the molecule is Fc1cccnc1N1CCN(Cc2ccccn2)CC1. The Kier molecular flexibility index (Phi) is 3.87. The lowest BCUT2D eigenvalue weighted by atomic mass is 10.2. The second-order valence-corrected chi connectivity index (χ2v) is 4.89. The van der Waals surface area contributed by atoms with Crippen LogP contribution in [0.15, 0.2) is 42.7 Å². The number of halogens is 1. The van der Waals surface area contributed by atoms with Crippen LogP contribution in [0.2, 0.25) is 0 Å². The van der Waals surface area contributed by atoms with E-state index in [0.29, 0.717) is 5.82 Å². The van der Waals surface area contributed by atoms with E-state index in [2.05, 4.69) is 14.9 Å². The summed E-state index contributed by atoms with van der Waals surface area (Å²) in [7, 11) is 0. The molecule has 0 atom stereocenters. The van der Waals surface area contributed by atoms with Crippen molar-refractivity contribution in [2.24, 2.45) is 0 Å².